The number of rotatable bonds is 3. The summed E-state index contributed by atoms with van der Waals surface area (Å²) in [5.74, 6) is -0.877. The smallest absolute Gasteiger partial charge is 0.308 e. The van der Waals surface area contributed by atoms with Crippen molar-refractivity contribution in [3.63, 3.8) is 0 Å². The van der Waals surface area contributed by atoms with Crippen LogP contribution in [0.5, 0.6) is 0 Å². The molecule has 1 aliphatic rings. The molecule has 0 unspecified atom stereocenters. The predicted octanol–water partition coefficient (Wildman–Crippen LogP) is 2.99. The van der Waals surface area contributed by atoms with Gasteiger partial charge in [0.2, 0.25) is 0 Å². The van der Waals surface area contributed by atoms with Crippen LogP contribution in [0.1, 0.15) is 36.5 Å². The van der Waals surface area contributed by atoms with Crippen molar-refractivity contribution in [1.82, 2.24) is 4.90 Å². The van der Waals surface area contributed by atoms with Crippen LogP contribution in [0.15, 0.2) is 18.2 Å². The van der Waals surface area contributed by atoms with Gasteiger partial charge in [-0.15, -0.1) is 0 Å². The molecule has 1 aromatic rings. The summed E-state index contributed by atoms with van der Waals surface area (Å²) in [5, 5.41) is 9.25. The fourth-order valence-electron chi connectivity index (χ4n) is 2.90. The molecule has 19 heavy (non-hydrogen) atoms. The second kappa shape index (κ2) is 5.74. The van der Waals surface area contributed by atoms with E-state index in [9.17, 15) is 9.90 Å². The van der Waals surface area contributed by atoms with E-state index in [-0.39, 0.29) is 12.0 Å². The Morgan fingerprint density at radius 3 is 2.74 bits per heavy atom. The molecule has 0 bridgehead atoms. The summed E-state index contributed by atoms with van der Waals surface area (Å²) in [7, 11) is 0. The van der Waals surface area contributed by atoms with Gasteiger partial charge < -0.3 is 5.11 Å². The second-order valence-corrected chi connectivity index (χ2v) is 5.72. The van der Waals surface area contributed by atoms with Gasteiger partial charge in [-0.3, -0.25) is 9.69 Å². The molecule has 1 aliphatic heterocycles. The molecule has 0 aromatic heterocycles. The zero-order chi connectivity index (χ0) is 14.0. The molecule has 3 heteroatoms. The minimum Gasteiger partial charge on any atom is -0.481 e. The number of carboxylic acid groups (broad SMARTS) is 1. The third kappa shape index (κ3) is 3.16. The quantitative estimate of drug-likeness (QED) is 0.909. The van der Waals surface area contributed by atoms with Crippen LogP contribution in [-0.4, -0.2) is 28.6 Å². The molecule has 1 fully saturated rings. The molecule has 0 radical (unpaired) electrons. The number of aliphatic carboxylic acids is 1. The minimum absolute atomic E-state index is 0.118. The highest BCUT2D eigenvalue weighted by Crippen LogP contribution is 2.25. The molecule has 2 rings (SSSR count). The number of carbonyl (C=O) groups is 1. The lowest BCUT2D eigenvalue weighted by atomic mass is 9.90. The van der Waals surface area contributed by atoms with Crippen LogP contribution in [0.4, 0.5) is 0 Å². The first-order valence-corrected chi connectivity index (χ1v) is 7.02. The van der Waals surface area contributed by atoms with E-state index in [1.807, 2.05) is 6.92 Å². The van der Waals surface area contributed by atoms with Crippen LogP contribution in [0.3, 0.4) is 0 Å². The summed E-state index contributed by atoms with van der Waals surface area (Å²) in [4.78, 5) is 13.5. The lowest BCUT2D eigenvalue weighted by Gasteiger charge is -2.37. The SMILES string of the molecule is Cc1ccc(CN2CCC[C@@H](C(=O)O)[C@H]2C)cc1C. The van der Waals surface area contributed by atoms with Gasteiger partial charge in [0.1, 0.15) is 0 Å². The van der Waals surface area contributed by atoms with Gasteiger partial charge in [-0.1, -0.05) is 18.2 Å². The summed E-state index contributed by atoms with van der Waals surface area (Å²) in [6.45, 7) is 8.13. The number of aryl methyl sites for hydroxylation is 2. The first-order chi connectivity index (χ1) is 8.99. The van der Waals surface area contributed by atoms with Crippen LogP contribution in [0.25, 0.3) is 0 Å². The van der Waals surface area contributed by atoms with Gasteiger partial charge in [-0.2, -0.15) is 0 Å². The number of nitrogens with zero attached hydrogens (tertiary/aromatic N) is 1. The molecule has 1 heterocycles. The van der Waals surface area contributed by atoms with Gasteiger partial charge in [-0.25, -0.2) is 0 Å². The van der Waals surface area contributed by atoms with Gasteiger partial charge in [0.05, 0.1) is 5.92 Å². The zero-order valence-corrected chi connectivity index (χ0v) is 12.0. The largest absolute Gasteiger partial charge is 0.481 e. The van der Waals surface area contributed by atoms with Crippen LogP contribution in [0, 0.1) is 19.8 Å². The van der Waals surface area contributed by atoms with Crippen molar-refractivity contribution in [2.24, 2.45) is 5.92 Å². The van der Waals surface area contributed by atoms with E-state index in [1.165, 1.54) is 16.7 Å². The van der Waals surface area contributed by atoms with Crippen molar-refractivity contribution in [3.05, 3.63) is 34.9 Å². The number of carboxylic acids is 1. The molecule has 2 atom stereocenters. The average Bonchev–Trinajstić information content (AvgIpc) is 2.36. The highest BCUT2D eigenvalue weighted by molar-refractivity contribution is 5.70. The van der Waals surface area contributed by atoms with Gasteiger partial charge in [0.25, 0.3) is 0 Å². The molecular weight excluding hydrogens is 238 g/mol. The van der Waals surface area contributed by atoms with Crippen molar-refractivity contribution in [2.75, 3.05) is 6.54 Å². The van der Waals surface area contributed by atoms with Gasteiger partial charge in [-0.05, 0) is 56.8 Å². The van der Waals surface area contributed by atoms with E-state index < -0.39 is 5.97 Å². The Morgan fingerprint density at radius 2 is 2.11 bits per heavy atom. The Hall–Kier alpha value is -1.35. The molecular formula is C16H23NO2. The Kier molecular flexibility index (Phi) is 4.25. The zero-order valence-electron chi connectivity index (χ0n) is 12.0. The van der Waals surface area contributed by atoms with E-state index in [1.54, 1.807) is 0 Å². The second-order valence-electron chi connectivity index (χ2n) is 5.72. The molecule has 0 amide bonds. The first-order valence-electron chi connectivity index (χ1n) is 7.02. The molecule has 1 saturated heterocycles. The Morgan fingerprint density at radius 1 is 1.37 bits per heavy atom. The lowest BCUT2D eigenvalue weighted by molar-refractivity contribution is -0.145. The summed E-state index contributed by atoms with van der Waals surface area (Å²) in [6.07, 6.45) is 1.78. The normalized spacial score (nSPS) is 24.4. The Bertz CT molecular complexity index is 470. The van der Waals surface area contributed by atoms with Crippen LogP contribution >= 0.6 is 0 Å². The van der Waals surface area contributed by atoms with Crippen molar-refractivity contribution in [1.29, 1.82) is 0 Å². The topological polar surface area (TPSA) is 40.5 Å². The Labute approximate surface area is 115 Å². The van der Waals surface area contributed by atoms with Crippen molar-refractivity contribution < 1.29 is 9.90 Å². The monoisotopic (exact) mass is 261 g/mol. The fourth-order valence-corrected chi connectivity index (χ4v) is 2.90. The molecule has 1 aromatic carbocycles. The molecule has 0 spiro atoms. The highest BCUT2D eigenvalue weighted by Gasteiger charge is 2.32. The fraction of sp³-hybridized carbons (Fsp3) is 0.562. The summed E-state index contributed by atoms with van der Waals surface area (Å²) < 4.78 is 0. The van der Waals surface area contributed by atoms with E-state index in [4.69, 9.17) is 0 Å². The standard InChI is InChI=1S/C16H23NO2/c1-11-6-7-14(9-12(11)2)10-17-8-4-5-15(13(17)3)16(18)19/h6-7,9,13,15H,4-5,8,10H2,1-3H3,(H,18,19)/t13-,15-/m1/s1. The summed E-state index contributed by atoms with van der Waals surface area (Å²) in [5.41, 5.74) is 3.89. The van der Waals surface area contributed by atoms with Gasteiger partial charge in [0, 0.05) is 12.6 Å². The van der Waals surface area contributed by atoms with Crippen molar-refractivity contribution in [2.45, 2.75) is 46.2 Å². The maximum atomic E-state index is 11.2. The maximum Gasteiger partial charge on any atom is 0.308 e. The van der Waals surface area contributed by atoms with Crippen LogP contribution in [0.2, 0.25) is 0 Å². The van der Waals surface area contributed by atoms with E-state index >= 15 is 0 Å². The van der Waals surface area contributed by atoms with Crippen LogP contribution in [-0.2, 0) is 11.3 Å². The molecule has 0 aliphatic carbocycles. The number of piperidine rings is 1. The van der Waals surface area contributed by atoms with E-state index in [2.05, 4.69) is 36.9 Å². The third-order valence-corrected chi connectivity index (χ3v) is 4.39. The van der Waals surface area contributed by atoms with Crippen molar-refractivity contribution >= 4 is 5.97 Å². The molecule has 104 valence electrons. The van der Waals surface area contributed by atoms with E-state index in [0.29, 0.717) is 0 Å². The van der Waals surface area contributed by atoms with Crippen LogP contribution < -0.4 is 0 Å². The molecule has 0 saturated carbocycles. The number of hydrogen-bond donors (Lipinski definition) is 1. The summed E-state index contributed by atoms with van der Waals surface area (Å²) in [6, 6.07) is 6.63. The number of likely N-dealkylation sites (tertiary alicyclic amines) is 1. The first kappa shape index (κ1) is 14.1. The van der Waals surface area contributed by atoms with Crippen molar-refractivity contribution in [3.8, 4) is 0 Å². The van der Waals surface area contributed by atoms with Gasteiger partial charge >= 0.3 is 5.97 Å². The highest BCUT2D eigenvalue weighted by atomic mass is 16.4. The third-order valence-electron chi connectivity index (χ3n) is 4.39. The Balaban J connectivity index is 2.09. The predicted molar refractivity (Wildman–Crippen MR) is 76.1 cm³/mol. The number of hydrogen-bond acceptors (Lipinski definition) is 2. The van der Waals surface area contributed by atoms with Gasteiger partial charge in [0.15, 0.2) is 0 Å². The van der Waals surface area contributed by atoms with E-state index in [0.717, 1.165) is 25.9 Å². The minimum atomic E-state index is -0.655. The number of benzene rings is 1. The average molecular weight is 261 g/mol. The molecule has 3 nitrogen and oxygen atoms in total. The maximum absolute atomic E-state index is 11.2. The molecule has 1 N–H and O–H groups in total. The lowest BCUT2D eigenvalue weighted by Crippen LogP contribution is -2.45. The summed E-state index contributed by atoms with van der Waals surface area (Å²) >= 11 is 0.